The third-order valence-corrected chi connectivity index (χ3v) is 5.81. The zero-order chi connectivity index (χ0) is 17.3. The van der Waals surface area contributed by atoms with Crippen LogP contribution in [0.1, 0.15) is 13.3 Å². The molecule has 0 aliphatic carbocycles. The van der Waals surface area contributed by atoms with E-state index in [0.717, 1.165) is 6.42 Å². The summed E-state index contributed by atoms with van der Waals surface area (Å²) in [5, 5.41) is 0.713. The van der Waals surface area contributed by atoms with E-state index < -0.39 is 15.3 Å². The van der Waals surface area contributed by atoms with Crippen molar-refractivity contribution in [3.8, 4) is 0 Å². The van der Waals surface area contributed by atoms with E-state index in [-0.39, 0.29) is 9.79 Å². The Morgan fingerprint density at radius 2 is 1.79 bits per heavy atom. The van der Waals surface area contributed by atoms with Crippen molar-refractivity contribution in [1.29, 1.82) is 0 Å². The molecule has 0 saturated carbocycles. The van der Waals surface area contributed by atoms with Crippen LogP contribution in [-0.2, 0) is 16.4 Å². The van der Waals surface area contributed by atoms with Gasteiger partial charge in [0.1, 0.15) is 4.90 Å². The number of fused-ring (bicyclic) bond motifs is 1. The summed E-state index contributed by atoms with van der Waals surface area (Å²) < 4.78 is 27.6. The summed E-state index contributed by atoms with van der Waals surface area (Å²) >= 11 is 6.01. The first kappa shape index (κ1) is 16.7. The molecule has 3 aromatic rings. The van der Waals surface area contributed by atoms with E-state index in [0.29, 0.717) is 22.5 Å². The van der Waals surface area contributed by atoms with Crippen LogP contribution in [0.2, 0.25) is 5.02 Å². The van der Waals surface area contributed by atoms with E-state index in [1.165, 1.54) is 24.4 Å². The molecule has 2 aromatic carbocycles. The number of sulfone groups is 1. The van der Waals surface area contributed by atoms with Gasteiger partial charge in [0.25, 0.3) is 0 Å². The minimum absolute atomic E-state index is 0.103. The lowest BCUT2D eigenvalue weighted by Gasteiger charge is -2.13. The average Bonchev–Trinajstić information content (AvgIpc) is 2.58. The summed E-state index contributed by atoms with van der Waals surface area (Å²) in [6, 6.07) is 12.9. The third-order valence-electron chi connectivity index (χ3n) is 3.82. The van der Waals surface area contributed by atoms with E-state index in [4.69, 9.17) is 11.6 Å². The monoisotopic (exact) mass is 361 g/mol. The van der Waals surface area contributed by atoms with Gasteiger partial charge in [0, 0.05) is 23.2 Å². The van der Waals surface area contributed by atoms with Gasteiger partial charge in [-0.3, -0.25) is 4.79 Å². The second-order valence-electron chi connectivity index (χ2n) is 5.49. The van der Waals surface area contributed by atoms with Gasteiger partial charge in [0.2, 0.25) is 15.3 Å². The van der Waals surface area contributed by atoms with Gasteiger partial charge in [-0.05, 0) is 36.8 Å². The molecule has 0 fully saturated rings. The lowest BCUT2D eigenvalue weighted by atomic mass is 10.2. The van der Waals surface area contributed by atoms with Crippen molar-refractivity contribution in [3.63, 3.8) is 0 Å². The molecule has 3 rings (SSSR count). The van der Waals surface area contributed by atoms with Crippen molar-refractivity contribution in [1.82, 2.24) is 4.57 Å². The quantitative estimate of drug-likeness (QED) is 0.708. The van der Waals surface area contributed by atoms with E-state index in [9.17, 15) is 13.2 Å². The molecule has 6 heteroatoms. The molecule has 0 radical (unpaired) electrons. The molecule has 4 nitrogen and oxygen atoms in total. The molecule has 0 amide bonds. The summed E-state index contributed by atoms with van der Waals surface area (Å²) in [5.41, 5.74) is 0.155. The first-order valence-electron chi connectivity index (χ1n) is 7.58. The number of hydrogen-bond donors (Lipinski definition) is 0. The maximum absolute atomic E-state index is 12.9. The van der Waals surface area contributed by atoms with Gasteiger partial charge in [0.15, 0.2) is 0 Å². The molecule has 1 aromatic heterocycles. The van der Waals surface area contributed by atoms with Crippen LogP contribution in [-0.4, -0.2) is 13.0 Å². The number of hydrogen-bond acceptors (Lipinski definition) is 3. The SMILES string of the molecule is CCCn1cc(S(=O)(=O)c2ccccc2)c(=O)c2cc(Cl)ccc21. The van der Waals surface area contributed by atoms with Gasteiger partial charge in [-0.1, -0.05) is 36.7 Å². The topological polar surface area (TPSA) is 56.1 Å². The van der Waals surface area contributed by atoms with Gasteiger partial charge in [-0.15, -0.1) is 0 Å². The van der Waals surface area contributed by atoms with Gasteiger partial charge in [0.05, 0.1) is 10.4 Å². The molecule has 1 heterocycles. The molecule has 0 aliphatic rings. The Kier molecular flexibility index (Phi) is 4.47. The van der Waals surface area contributed by atoms with E-state index in [1.807, 2.05) is 6.92 Å². The number of aryl methyl sites for hydroxylation is 1. The Hall–Kier alpha value is -2.11. The molecule has 0 unspecified atom stereocenters. The van der Waals surface area contributed by atoms with Crippen LogP contribution < -0.4 is 5.43 Å². The molecule has 0 atom stereocenters. The average molecular weight is 362 g/mol. The van der Waals surface area contributed by atoms with Crippen molar-refractivity contribution >= 4 is 32.3 Å². The summed E-state index contributed by atoms with van der Waals surface area (Å²) in [6.07, 6.45) is 2.25. The van der Waals surface area contributed by atoms with Crippen LogP contribution in [0.4, 0.5) is 0 Å². The Morgan fingerprint density at radius 1 is 1.08 bits per heavy atom. The van der Waals surface area contributed by atoms with Crippen molar-refractivity contribution in [2.24, 2.45) is 0 Å². The van der Waals surface area contributed by atoms with Crippen molar-refractivity contribution in [2.45, 2.75) is 29.7 Å². The maximum atomic E-state index is 12.9. The Balaban J connectivity index is 2.37. The highest BCUT2D eigenvalue weighted by Gasteiger charge is 2.23. The van der Waals surface area contributed by atoms with Crippen LogP contribution in [0.5, 0.6) is 0 Å². The molecular formula is C18H16ClNO3S. The van der Waals surface area contributed by atoms with Crippen LogP contribution in [0.15, 0.2) is 69.3 Å². The molecule has 0 saturated heterocycles. The predicted molar refractivity (Wildman–Crippen MR) is 95.4 cm³/mol. The second-order valence-corrected chi connectivity index (χ2v) is 7.85. The predicted octanol–water partition coefficient (Wildman–Crippen LogP) is 3.90. The smallest absolute Gasteiger partial charge is 0.211 e. The summed E-state index contributed by atoms with van der Waals surface area (Å²) in [7, 11) is -3.89. The molecule has 0 bridgehead atoms. The lowest BCUT2D eigenvalue weighted by molar-refractivity contribution is 0.592. The Bertz CT molecular complexity index is 1060. The fourth-order valence-corrected chi connectivity index (χ4v) is 4.25. The molecule has 124 valence electrons. The van der Waals surface area contributed by atoms with Crippen molar-refractivity contribution in [3.05, 3.63) is 70.0 Å². The van der Waals surface area contributed by atoms with Crippen LogP contribution in [0, 0.1) is 0 Å². The minimum Gasteiger partial charge on any atom is -0.346 e. The zero-order valence-electron chi connectivity index (χ0n) is 13.1. The highest BCUT2D eigenvalue weighted by molar-refractivity contribution is 7.91. The van der Waals surface area contributed by atoms with Gasteiger partial charge < -0.3 is 4.57 Å². The maximum Gasteiger partial charge on any atom is 0.211 e. The summed E-state index contributed by atoms with van der Waals surface area (Å²) in [6.45, 7) is 2.60. The minimum atomic E-state index is -3.89. The lowest BCUT2D eigenvalue weighted by Crippen LogP contribution is -2.19. The number of halogens is 1. The summed E-state index contributed by atoms with van der Waals surface area (Å²) in [4.78, 5) is 12.7. The van der Waals surface area contributed by atoms with Crippen LogP contribution in [0.25, 0.3) is 10.9 Å². The molecule has 24 heavy (non-hydrogen) atoms. The molecular weight excluding hydrogens is 346 g/mol. The highest BCUT2D eigenvalue weighted by atomic mass is 35.5. The number of aromatic nitrogens is 1. The first-order chi connectivity index (χ1) is 11.4. The number of rotatable bonds is 4. The van der Waals surface area contributed by atoms with E-state index in [2.05, 4.69) is 0 Å². The second kappa shape index (κ2) is 6.42. The van der Waals surface area contributed by atoms with Gasteiger partial charge >= 0.3 is 0 Å². The highest BCUT2D eigenvalue weighted by Crippen LogP contribution is 2.23. The van der Waals surface area contributed by atoms with Crippen molar-refractivity contribution < 1.29 is 8.42 Å². The number of nitrogens with zero attached hydrogens (tertiary/aromatic N) is 1. The van der Waals surface area contributed by atoms with E-state index >= 15 is 0 Å². The van der Waals surface area contributed by atoms with E-state index in [1.54, 1.807) is 34.9 Å². The summed E-state index contributed by atoms with van der Waals surface area (Å²) in [5.74, 6) is 0. The largest absolute Gasteiger partial charge is 0.346 e. The standard InChI is InChI=1S/C18H16ClNO3S/c1-2-10-20-12-17(24(22,23)14-6-4-3-5-7-14)18(21)15-11-13(19)8-9-16(15)20/h3-9,11-12H,2,10H2,1H3. The third kappa shape index (κ3) is 2.85. The Labute approximate surface area is 145 Å². The zero-order valence-corrected chi connectivity index (χ0v) is 14.6. The fourth-order valence-electron chi connectivity index (χ4n) is 2.69. The molecule has 0 N–H and O–H groups in total. The number of benzene rings is 2. The van der Waals surface area contributed by atoms with Crippen LogP contribution in [0.3, 0.4) is 0 Å². The van der Waals surface area contributed by atoms with Gasteiger partial charge in [-0.2, -0.15) is 0 Å². The molecule has 0 aliphatic heterocycles. The fraction of sp³-hybridized carbons (Fsp3) is 0.167. The normalized spacial score (nSPS) is 11.8. The first-order valence-corrected chi connectivity index (χ1v) is 9.44. The van der Waals surface area contributed by atoms with Crippen molar-refractivity contribution in [2.75, 3.05) is 0 Å². The number of pyridine rings is 1. The molecule has 0 spiro atoms. The van der Waals surface area contributed by atoms with Gasteiger partial charge in [-0.25, -0.2) is 8.42 Å². The Morgan fingerprint density at radius 3 is 2.46 bits per heavy atom. The van der Waals surface area contributed by atoms with Crippen LogP contribution >= 0.6 is 11.6 Å².